The molecule has 5 heteroatoms. The normalized spacial score (nSPS) is 12.6. The summed E-state index contributed by atoms with van der Waals surface area (Å²) in [5, 5.41) is 0. The Balaban J connectivity index is 3.50. The zero-order valence-electron chi connectivity index (χ0n) is 9.94. The molecule has 1 rings (SSSR count). The molecule has 0 bridgehead atoms. The minimum absolute atomic E-state index is 0.141. The number of aryl methyl sites for hydroxylation is 1. The van der Waals surface area contributed by atoms with Crippen LogP contribution < -0.4 is 10.5 Å². The van der Waals surface area contributed by atoms with Crippen LogP contribution in [0.5, 0.6) is 5.75 Å². The number of sulfone groups is 1. The molecule has 0 saturated carbocycles. The molecule has 0 radical (unpaired) electrons. The van der Waals surface area contributed by atoms with Crippen molar-refractivity contribution >= 4 is 9.84 Å². The topological polar surface area (TPSA) is 69.4 Å². The molecular formula is C11H17NO3S. The van der Waals surface area contributed by atoms with Crippen molar-refractivity contribution in [1.82, 2.24) is 0 Å². The fourth-order valence-corrected chi connectivity index (χ4v) is 2.60. The van der Waals surface area contributed by atoms with E-state index in [0.717, 1.165) is 5.56 Å². The fraction of sp³-hybridized carbons (Fsp3) is 0.455. The van der Waals surface area contributed by atoms with Crippen LogP contribution in [-0.4, -0.2) is 20.4 Å². The summed E-state index contributed by atoms with van der Waals surface area (Å²) in [7, 11) is -2.15. The van der Waals surface area contributed by atoms with Gasteiger partial charge in [-0.05, 0) is 38.5 Å². The van der Waals surface area contributed by atoms with Gasteiger partial charge < -0.3 is 10.5 Å². The summed E-state index contributed by atoms with van der Waals surface area (Å²) in [6, 6.07) is 5.00. The number of hydrogen-bond donors (Lipinski definition) is 1. The molecule has 0 aliphatic heterocycles. The number of benzene rings is 1. The molecule has 0 amide bonds. The molecule has 0 atom stereocenters. The third-order valence-corrected chi connectivity index (χ3v) is 4.58. The molecule has 0 unspecified atom stereocenters. The van der Waals surface area contributed by atoms with Crippen molar-refractivity contribution in [3.8, 4) is 5.75 Å². The minimum atomic E-state index is -3.59. The summed E-state index contributed by atoms with van der Waals surface area (Å²) in [4.78, 5) is -1.18. The minimum Gasteiger partial charge on any atom is -0.495 e. The first-order chi connectivity index (χ1) is 7.20. The highest BCUT2D eigenvalue weighted by Crippen LogP contribution is 2.30. The van der Waals surface area contributed by atoms with Gasteiger partial charge in [-0.3, -0.25) is 0 Å². The summed E-state index contributed by atoms with van der Waals surface area (Å²) < 4.78 is 29.4. The van der Waals surface area contributed by atoms with Gasteiger partial charge in [0.25, 0.3) is 0 Å². The van der Waals surface area contributed by atoms with E-state index in [2.05, 4.69) is 0 Å². The molecule has 2 N–H and O–H groups in total. The van der Waals surface area contributed by atoms with Gasteiger partial charge in [-0.25, -0.2) is 8.42 Å². The molecule has 0 heterocycles. The lowest BCUT2D eigenvalue weighted by Crippen LogP contribution is -2.41. The van der Waals surface area contributed by atoms with Gasteiger partial charge in [-0.1, -0.05) is 6.07 Å². The third-order valence-electron chi connectivity index (χ3n) is 2.30. The van der Waals surface area contributed by atoms with Crippen molar-refractivity contribution in [3.63, 3.8) is 0 Å². The van der Waals surface area contributed by atoms with Gasteiger partial charge in [0.1, 0.15) is 15.5 Å². The van der Waals surface area contributed by atoms with Crippen LogP contribution in [0, 0.1) is 6.92 Å². The van der Waals surface area contributed by atoms with Crippen molar-refractivity contribution in [1.29, 1.82) is 0 Å². The zero-order valence-corrected chi connectivity index (χ0v) is 10.8. The average molecular weight is 243 g/mol. The predicted molar refractivity (Wildman–Crippen MR) is 63.2 cm³/mol. The van der Waals surface area contributed by atoms with E-state index in [9.17, 15) is 8.42 Å². The van der Waals surface area contributed by atoms with E-state index in [-0.39, 0.29) is 4.90 Å². The lowest BCUT2D eigenvalue weighted by molar-refractivity contribution is 0.401. The molecule has 1 aromatic carbocycles. The Kier molecular flexibility index (Phi) is 3.30. The molecule has 0 aliphatic rings. The molecule has 0 spiro atoms. The average Bonchev–Trinajstić information content (AvgIpc) is 2.16. The van der Waals surface area contributed by atoms with Gasteiger partial charge in [0.05, 0.1) is 7.11 Å². The first kappa shape index (κ1) is 13.0. The van der Waals surface area contributed by atoms with Crippen LogP contribution in [-0.2, 0) is 9.84 Å². The second-order valence-corrected chi connectivity index (χ2v) is 6.76. The summed E-state index contributed by atoms with van der Waals surface area (Å²) in [5.74, 6) is 0.323. The molecule has 16 heavy (non-hydrogen) atoms. The number of methoxy groups -OCH3 is 1. The SMILES string of the molecule is COc1ccc(C)cc1S(=O)(=O)C(C)(C)N. The van der Waals surface area contributed by atoms with E-state index in [4.69, 9.17) is 10.5 Å². The summed E-state index contributed by atoms with van der Waals surface area (Å²) in [6.45, 7) is 4.75. The van der Waals surface area contributed by atoms with E-state index in [0.29, 0.717) is 5.75 Å². The van der Waals surface area contributed by atoms with Gasteiger partial charge in [0, 0.05) is 0 Å². The second-order valence-electron chi connectivity index (χ2n) is 4.26. The molecule has 4 nitrogen and oxygen atoms in total. The number of nitrogens with two attached hydrogens (primary N) is 1. The number of rotatable bonds is 3. The Hall–Kier alpha value is -1.07. The van der Waals surface area contributed by atoms with Crippen LogP contribution in [0.3, 0.4) is 0 Å². The number of ether oxygens (including phenoxy) is 1. The van der Waals surface area contributed by atoms with Gasteiger partial charge in [0.15, 0.2) is 9.84 Å². The van der Waals surface area contributed by atoms with Gasteiger partial charge in [0.2, 0.25) is 0 Å². The first-order valence-electron chi connectivity index (χ1n) is 4.88. The summed E-state index contributed by atoms with van der Waals surface area (Å²) in [5.41, 5.74) is 6.53. The van der Waals surface area contributed by atoms with E-state index < -0.39 is 14.7 Å². The zero-order chi connectivity index (χ0) is 12.6. The van der Waals surface area contributed by atoms with Crippen LogP contribution in [0.25, 0.3) is 0 Å². The van der Waals surface area contributed by atoms with E-state index >= 15 is 0 Å². The molecule has 0 aromatic heterocycles. The molecule has 0 saturated heterocycles. The van der Waals surface area contributed by atoms with Crippen molar-refractivity contribution in [2.75, 3.05) is 7.11 Å². The van der Waals surface area contributed by atoms with Crippen LogP contribution in [0.4, 0.5) is 0 Å². The van der Waals surface area contributed by atoms with Crippen LogP contribution in [0.2, 0.25) is 0 Å². The Bertz CT molecular complexity index is 486. The summed E-state index contributed by atoms with van der Waals surface area (Å²) in [6.07, 6.45) is 0. The third kappa shape index (κ3) is 2.20. The molecule has 90 valence electrons. The number of hydrogen-bond acceptors (Lipinski definition) is 4. The van der Waals surface area contributed by atoms with Crippen molar-refractivity contribution in [3.05, 3.63) is 23.8 Å². The maximum atomic E-state index is 12.2. The highest BCUT2D eigenvalue weighted by molar-refractivity contribution is 7.92. The van der Waals surface area contributed by atoms with E-state index in [1.807, 2.05) is 6.92 Å². The molecular weight excluding hydrogens is 226 g/mol. The maximum absolute atomic E-state index is 12.2. The second kappa shape index (κ2) is 4.07. The smallest absolute Gasteiger partial charge is 0.199 e. The van der Waals surface area contributed by atoms with E-state index in [1.54, 1.807) is 18.2 Å². The fourth-order valence-electron chi connectivity index (χ4n) is 1.28. The lowest BCUT2D eigenvalue weighted by atomic mass is 10.2. The summed E-state index contributed by atoms with van der Waals surface area (Å²) >= 11 is 0. The van der Waals surface area contributed by atoms with Crippen molar-refractivity contribution < 1.29 is 13.2 Å². The highest BCUT2D eigenvalue weighted by Gasteiger charge is 2.34. The van der Waals surface area contributed by atoms with Crippen molar-refractivity contribution in [2.45, 2.75) is 30.5 Å². The van der Waals surface area contributed by atoms with Gasteiger partial charge in [-0.15, -0.1) is 0 Å². The largest absolute Gasteiger partial charge is 0.495 e. The predicted octanol–water partition coefficient (Wildman–Crippen LogP) is 1.47. The molecule has 1 aromatic rings. The Morgan fingerprint density at radius 3 is 2.31 bits per heavy atom. The van der Waals surface area contributed by atoms with Crippen LogP contribution >= 0.6 is 0 Å². The standard InChI is InChI=1S/C11H17NO3S/c1-8-5-6-9(15-4)10(7-8)16(13,14)11(2,3)12/h5-7H,12H2,1-4H3. The molecule has 0 aliphatic carbocycles. The highest BCUT2D eigenvalue weighted by atomic mass is 32.2. The first-order valence-corrected chi connectivity index (χ1v) is 6.36. The Morgan fingerprint density at radius 1 is 1.31 bits per heavy atom. The Labute approximate surface area is 96.3 Å². The lowest BCUT2D eigenvalue weighted by Gasteiger charge is -2.21. The monoisotopic (exact) mass is 243 g/mol. The van der Waals surface area contributed by atoms with E-state index in [1.165, 1.54) is 21.0 Å². The quantitative estimate of drug-likeness (QED) is 0.872. The van der Waals surface area contributed by atoms with Crippen LogP contribution in [0.15, 0.2) is 23.1 Å². The van der Waals surface area contributed by atoms with Gasteiger partial charge in [-0.2, -0.15) is 0 Å². The molecule has 0 fully saturated rings. The van der Waals surface area contributed by atoms with Crippen molar-refractivity contribution in [2.24, 2.45) is 5.73 Å². The van der Waals surface area contributed by atoms with Crippen LogP contribution in [0.1, 0.15) is 19.4 Å². The van der Waals surface area contributed by atoms with Gasteiger partial charge >= 0.3 is 0 Å². The Morgan fingerprint density at radius 2 is 1.88 bits per heavy atom. The maximum Gasteiger partial charge on any atom is 0.199 e.